The van der Waals surface area contributed by atoms with Crippen molar-refractivity contribution in [2.24, 2.45) is 0 Å². The summed E-state index contributed by atoms with van der Waals surface area (Å²) in [7, 11) is -3.76. The second-order valence-electron chi connectivity index (χ2n) is 5.62. The molecule has 0 radical (unpaired) electrons. The van der Waals surface area contributed by atoms with Crippen LogP contribution in [0.3, 0.4) is 0 Å². The topological polar surface area (TPSA) is 63.2 Å². The van der Waals surface area contributed by atoms with E-state index in [1.54, 1.807) is 12.1 Å². The van der Waals surface area contributed by atoms with Crippen molar-refractivity contribution in [1.29, 1.82) is 0 Å². The molecular formula is C19H21NO3S. The lowest BCUT2D eigenvalue weighted by atomic mass is 10.1. The van der Waals surface area contributed by atoms with Gasteiger partial charge >= 0.3 is 0 Å². The molecule has 2 rings (SSSR count). The first-order valence-corrected chi connectivity index (χ1v) is 9.33. The standard InChI is InChI=1S/C19H21NO3S/c1-16-10-12-18(13-11-16)8-5-9-19(21)20-24(22,23)15-14-17-6-3-2-4-7-17/h2-4,6-7,10-15H,5,8-9H2,1H3,(H,20,21)/b15-14+. The molecule has 0 aliphatic heterocycles. The average Bonchev–Trinajstić information content (AvgIpc) is 2.55. The van der Waals surface area contributed by atoms with Gasteiger partial charge in [-0.3, -0.25) is 4.79 Å². The maximum atomic E-state index is 11.9. The maximum Gasteiger partial charge on any atom is 0.257 e. The fourth-order valence-electron chi connectivity index (χ4n) is 2.18. The fourth-order valence-corrected chi connectivity index (χ4v) is 3.01. The lowest BCUT2D eigenvalue weighted by molar-refractivity contribution is -0.119. The van der Waals surface area contributed by atoms with Crippen LogP contribution in [0.1, 0.15) is 29.5 Å². The summed E-state index contributed by atoms with van der Waals surface area (Å²) in [4.78, 5) is 11.8. The van der Waals surface area contributed by atoms with E-state index in [2.05, 4.69) is 4.72 Å². The molecule has 2 aromatic rings. The molecule has 0 unspecified atom stereocenters. The van der Waals surface area contributed by atoms with Crippen molar-refractivity contribution in [2.45, 2.75) is 26.2 Å². The van der Waals surface area contributed by atoms with Gasteiger partial charge in [-0.05, 0) is 37.0 Å². The number of aryl methyl sites for hydroxylation is 2. The Bertz CT molecular complexity index is 794. The average molecular weight is 343 g/mol. The lowest BCUT2D eigenvalue weighted by Crippen LogP contribution is -2.28. The molecule has 0 saturated carbocycles. The van der Waals surface area contributed by atoms with Gasteiger partial charge in [0.1, 0.15) is 0 Å². The molecule has 2 aromatic carbocycles. The normalized spacial score (nSPS) is 11.5. The van der Waals surface area contributed by atoms with Crippen molar-refractivity contribution >= 4 is 22.0 Å². The van der Waals surface area contributed by atoms with Gasteiger partial charge in [0.05, 0.1) is 5.41 Å². The van der Waals surface area contributed by atoms with Crippen molar-refractivity contribution in [1.82, 2.24) is 4.72 Å². The number of nitrogens with one attached hydrogen (secondary N) is 1. The number of benzene rings is 2. The van der Waals surface area contributed by atoms with Crippen LogP contribution in [0.25, 0.3) is 6.08 Å². The number of hydrogen-bond acceptors (Lipinski definition) is 3. The van der Waals surface area contributed by atoms with Crippen molar-refractivity contribution < 1.29 is 13.2 Å². The minimum atomic E-state index is -3.76. The van der Waals surface area contributed by atoms with E-state index in [1.807, 2.05) is 49.4 Å². The molecule has 0 aromatic heterocycles. The molecule has 0 fully saturated rings. The summed E-state index contributed by atoms with van der Waals surface area (Å²) >= 11 is 0. The first-order valence-electron chi connectivity index (χ1n) is 7.79. The molecule has 0 heterocycles. The molecule has 4 nitrogen and oxygen atoms in total. The van der Waals surface area contributed by atoms with Gasteiger partial charge in [-0.25, -0.2) is 13.1 Å². The first-order chi connectivity index (χ1) is 11.4. The zero-order chi connectivity index (χ0) is 17.4. The highest BCUT2D eigenvalue weighted by Crippen LogP contribution is 2.08. The summed E-state index contributed by atoms with van der Waals surface area (Å²) in [5.74, 6) is -0.486. The van der Waals surface area contributed by atoms with Gasteiger partial charge in [0.25, 0.3) is 10.0 Å². The van der Waals surface area contributed by atoms with E-state index in [9.17, 15) is 13.2 Å². The minimum absolute atomic E-state index is 0.173. The van der Waals surface area contributed by atoms with Crippen LogP contribution in [0.5, 0.6) is 0 Å². The lowest BCUT2D eigenvalue weighted by Gasteiger charge is -2.04. The van der Waals surface area contributed by atoms with E-state index in [0.29, 0.717) is 6.42 Å². The highest BCUT2D eigenvalue weighted by molar-refractivity contribution is 7.93. The zero-order valence-corrected chi connectivity index (χ0v) is 14.4. The molecule has 0 aliphatic carbocycles. The molecule has 0 saturated heterocycles. The van der Waals surface area contributed by atoms with E-state index in [1.165, 1.54) is 11.6 Å². The van der Waals surface area contributed by atoms with Crippen LogP contribution in [0.2, 0.25) is 0 Å². The Kier molecular flexibility index (Phi) is 6.32. The third kappa shape index (κ3) is 6.38. The van der Waals surface area contributed by atoms with Crippen LogP contribution in [0.4, 0.5) is 0 Å². The second kappa shape index (κ2) is 8.45. The van der Waals surface area contributed by atoms with Crippen LogP contribution in [-0.4, -0.2) is 14.3 Å². The summed E-state index contributed by atoms with van der Waals surface area (Å²) < 4.78 is 25.8. The Morgan fingerprint density at radius 1 is 1.04 bits per heavy atom. The molecule has 5 heteroatoms. The first kappa shape index (κ1) is 17.9. The van der Waals surface area contributed by atoms with Crippen molar-refractivity contribution in [3.63, 3.8) is 0 Å². The summed E-state index contributed by atoms with van der Waals surface area (Å²) in [6, 6.07) is 17.1. The van der Waals surface area contributed by atoms with E-state index in [4.69, 9.17) is 0 Å². The minimum Gasteiger partial charge on any atom is -0.274 e. The van der Waals surface area contributed by atoms with Crippen molar-refractivity contribution in [3.05, 3.63) is 76.7 Å². The largest absolute Gasteiger partial charge is 0.274 e. The second-order valence-corrected chi connectivity index (χ2v) is 7.19. The van der Waals surface area contributed by atoms with E-state index >= 15 is 0 Å². The molecule has 126 valence electrons. The number of amides is 1. The molecular weight excluding hydrogens is 322 g/mol. The third-order valence-electron chi connectivity index (χ3n) is 3.49. The summed E-state index contributed by atoms with van der Waals surface area (Å²) in [5.41, 5.74) is 3.09. The molecule has 0 atom stereocenters. The van der Waals surface area contributed by atoms with Crippen LogP contribution >= 0.6 is 0 Å². The number of hydrogen-bond donors (Lipinski definition) is 1. The molecule has 0 aliphatic rings. The van der Waals surface area contributed by atoms with Gasteiger partial charge in [-0.1, -0.05) is 60.2 Å². The Balaban J connectivity index is 1.80. The van der Waals surface area contributed by atoms with Gasteiger partial charge in [0.2, 0.25) is 5.91 Å². The molecule has 24 heavy (non-hydrogen) atoms. The number of rotatable bonds is 7. The SMILES string of the molecule is Cc1ccc(CCCC(=O)NS(=O)(=O)/C=C/c2ccccc2)cc1. The van der Waals surface area contributed by atoms with E-state index in [-0.39, 0.29) is 6.42 Å². The van der Waals surface area contributed by atoms with Gasteiger partial charge in [0, 0.05) is 6.42 Å². The predicted molar refractivity (Wildman–Crippen MR) is 96.7 cm³/mol. The molecule has 1 amide bonds. The van der Waals surface area contributed by atoms with E-state index < -0.39 is 15.9 Å². The quantitative estimate of drug-likeness (QED) is 0.838. The van der Waals surface area contributed by atoms with Gasteiger partial charge in [-0.2, -0.15) is 0 Å². The van der Waals surface area contributed by atoms with Crippen LogP contribution < -0.4 is 4.72 Å². The maximum absolute atomic E-state index is 11.9. The molecule has 0 spiro atoms. The summed E-state index contributed by atoms with van der Waals surface area (Å²) in [6.07, 6.45) is 2.98. The Morgan fingerprint density at radius 2 is 1.71 bits per heavy atom. The highest BCUT2D eigenvalue weighted by atomic mass is 32.2. The Hall–Kier alpha value is -2.40. The Morgan fingerprint density at radius 3 is 2.38 bits per heavy atom. The smallest absolute Gasteiger partial charge is 0.257 e. The van der Waals surface area contributed by atoms with Crippen molar-refractivity contribution in [2.75, 3.05) is 0 Å². The predicted octanol–water partition coefficient (Wildman–Crippen LogP) is 3.43. The van der Waals surface area contributed by atoms with Crippen LogP contribution in [0, 0.1) is 6.92 Å². The van der Waals surface area contributed by atoms with Gasteiger partial charge < -0.3 is 0 Å². The third-order valence-corrected chi connectivity index (χ3v) is 4.49. The number of sulfonamides is 1. The summed E-state index contributed by atoms with van der Waals surface area (Å²) in [6.45, 7) is 2.02. The highest BCUT2D eigenvalue weighted by Gasteiger charge is 2.10. The zero-order valence-electron chi connectivity index (χ0n) is 13.6. The number of carbonyl (C=O) groups is 1. The van der Waals surface area contributed by atoms with Gasteiger partial charge in [0.15, 0.2) is 0 Å². The summed E-state index contributed by atoms with van der Waals surface area (Å²) in [5, 5.41) is 1.01. The molecule has 0 bridgehead atoms. The number of carbonyl (C=O) groups excluding carboxylic acids is 1. The Labute approximate surface area is 143 Å². The molecule has 1 N–H and O–H groups in total. The monoisotopic (exact) mass is 343 g/mol. The van der Waals surface area contributed by atoms with Crippen LogP contribution in [0.15, 0.2) is 60.0 Å². The van der Waals surface area contributed by atoms with Crippen LogP contribution in [-0.2, 0) is 21.2 Å². The van der Waals surface area contributed by atoms with E-state index in [0.717, 1.165) is 23.0 Å². The van der Waals surface area contributed by atoms with Crippen molar-refractivity contribution in [3.8, 4) is 0 Å². The fraction of sp³-hybridized carbons (Fsp3) is 0.211. The van der Waals surface area contributed by atoms with Gasteiger partial charge in [-0.15, -0.1) is 0 Å².